The SMILES string of the molecule is CCN1CCCC1[C@H](Cl)NC(=O)c1c(O)cccc1OC. The van der Waals surface area contributed by atoms with Crippen molar-refractivity contribution in [1.29, 1.82) is 0 Å². The van der Waals surface area contributed by atoms with Crippen molar-refractivity contribution in [1.82, 2.24) is 10.2 Å². The quantitative estimate of drug-likeness (QED) is 0.646. The van der Waals surface area contributed by atoms with Crippen LogP contribution >= 0.6 is 11.6 Å². The molecule has 1 aliphatic heterocycles. The van der Waals surface area contributed by atoms with Gasteiger partial charge in [0.25, 0.3) is 5.91 Å². The Kier molecular flexibility index (Phi) is 5.31. The molecule has 2 N–H and O–H groups in total. The first-order valence-corrected chi connectivity index (χ1v) is 7.57. The van der Waals surface area contributed by atoms with Gasteiger partial charge in [0.05, 0.1) is 7.11 Å². The van der Waals surface area contributed by atoms with Crippen LogP contribution in [0.5, 0.6) is 11.5 Å². The van der Waals surface area contributed by atoms with Crippen LogP contribution in [0.3, 0.4) is 0 Å². The van der Waals surface area contributed by atoms with Gasteiger partial charge in [0.15, 0.2) is 0 Å². The summed E-state index contributed by atoms with van der Waals surface area (Å²) >= 11 is 6.36. The van der Waals surface area contributed by atoms with Crippen LogP contribution in [-0.2, 0) is 0 Å². The Hall–Kier alpha value is -1.46. The summed E-state index contributed by atoms with van der Waals surface area (Å²) < 4.78 is 5.12. The van der Waals surface area contributed by atoms with E-state index in [-0.39, 0.29) is 17.4 Å². The second-order valence-electron chi connectivity index (χ2n) is 5.07. The van der Waals surface area contributed by atoms with E-state index in [4.69, 9.17) is 16.3 Å². The highest BCUT2D eigenvalue weighted by Gasteiger charge is 2.31. The fraction of sp³-hybridized carbons (Fsp3) is 0.533. The predicted octanol–water partition coefficient (Wildman–Crippen LogP) is 2.18. The number of carbonyl (C=O) groups excluding carboxylic acids is 1. The summed E-state index contributed by atoms with van der Waals surface area (Å²) in [7, 11) is 1.46. The van der Waals surface area contributed by atoms with Gasteiger partial charge in [0.2, 0.25) is 0 Å². The molecular formula is C15H21ClN2O3. The second-order valence-corrected chi connectivity index (χ2v) is 5.54. The van der Waals surface area contributed by atoms with Crippen molar-refractivity contribution in [3.63, 3.8) is 0 Å². The molecule has 0 aromatic heterocycles. The van der Waals surface area contributed by atoms with Crippen LogP contribution < -0.4 is 10.1 Å². The molecule has 1 saturated heterocycles. The Balaban J connectivity index is 2.11. The fourth-order valence-corrected chi connectivity index (χ4v) is 3.17. The van der Waals surface area contributed by atoms with E-state index < -0.39 is 11.4 Å². The maximum atomic E-state index is 12.4. The van der Waals surface area contributed by atoms with E-state index in [2.05, 4.69) is 17.1 Å². The molecule has 2 atom stereocenters. The summed E-state index contributed by atoms with van der Waals surface area (Å²) in [6.45, 7) is 3.99. The van der Waals surface area contributed by atoms with Gasteiger partial charge in [0.1, 0.15) is 22.6 Å². The zero-order valence-electron chi connectivity index (χ0n) is 12.3. The van der Waals surface area contributed by atoms with Crippen molar-refractivity contribution in [2.45, 2.75) is 31.3 Å². The maximum Gasteiger partial charge on any atom is 0.260 e. The number of phenolic OH excluding ortho intramolecular Hbond substituents is 1. The van der Waals surface area contributed by atoms with Crippen LogP contribution in [0.2, 0.25) is 0 Å². The van der Waals surface area contributed by atoms with E-state index in [1.807, 2.05) is 0 Å². The van der Waals surface area contributed by atoms with Crippen LogP contribution in [0.1, 0.15) is 30.1 Å². The minimum Gasteiger partial charge on any atom is -0.507 e. The Labute approximate surface area is 129 Å². The molecule has 1 aromatic carbocycles. The first-order valence-electron chi connectivity index (χ1n) is 7.13. The molecule has 1 amide bonds. The lowest BCUT2D eigenvalue weighted by atomic mass is 10.1. The second kappa shape index (κ2) is 7.00. The van der Waals surface area contributed by atoms with Crippen LogP contribution in [0, 0.1) is 0 Å². The van der Waals surface area contributed by atoms with Gasteiger partial charge in [-0.05, 0) is 38.1 Å². The van der Waals surface area contributed by atoms with Crippen molar-refractivity contribution < 1.29 is 14.6 Å². The molecule has 0 aliphatic carbocycles. The lowest BCUT2D eigenvalue weighted by Crippen LogP contribution is -2.45. The number of alkyl halides is 1. The van der Waals surface area contributed by atoms with Crippen molar-refractivity contribution in [2.75, 3.05) is 20.2 Å². The summed E-state index contributed by atoms with van der Waals surface area (Å²) in [5.74, 6) is -0.211. The van der Waals surface area contributed by atoms with Crippen LogP contribution in [0.4, 0.5) is 0 Å². The topological polar surface area (TPSA) is 61.8 Å². The van der Waals surface area contributed by atoms with Gasteiger partial charge in [-0.15, -0.1) is 0 Å². The average molecular weight is 313 g/mol. The van der Waals surface area contributed by atoms with E-state index in [1.54, 1.807) is 12.1 Å². The highest BCUT2D eigenvalue weighted by molar-refractivity contribution is 6.22. The number of aromatic hydroxyl groups is 1. The number of benzene rings is 1. The standard InChI is InChI=1S/C15H21ClN2O3/c1-3-18-9-5-6-10(18)14(16)17-15(20)13-11(19)7-4-8-12(13)21-2/h4,7-8,10,14,19H,3,5-6,9H2,1-2H3,(H,17,20)/t10?,14-/m1/s1. The van der Waals surface area contributed by atoms with Gasteiger partial charge in [-0.25, -0.2) is 0 Å². The molecule has 1 aliphatic rings. The van der Waals surface area contributed by atoms with Gasteiger partial charge >= 0.3 is 0 Å². The lowest BCUT2D eigenvalue weighted by molar-refractivity contribution is 0.0926. The molecule has 5 nitrogen and oxygen atoms in total. The number of nitrogens with one attached hydrogen (secondary N) is 1. The van der Waals surface area contributed by atoms with Gasteiger partial charge in [-0.3, -0.25) is 9.69 Å². The van der Waals surface area contributed by atoms with E-state index in [0.717, 1.165) is 25.9 Å². The lowest BCUT2D eigenvalue weighted by Gasteiger charge is -2.27. The number of likely N-dealkylation sites (N-methyl/N-ethyl adjacent to an activating group) is 1. The number of phenols is 1. The third kappa shape index (κ3) is 3.41. The number of rotatable bonds is 5. The molecule has 1 fully saturated rings. The zero-order chi connectivity index (χ0) is 15.4. The van der Waals surface area contributed by atoms with Crippen molar-refractivity contribution in [3.05, 3.63) is 23.8 Å². The van der Waals surface area contributed by atoms with E-state index in [1.165, 1.54) is 13.2 Å². The number of amides is 1. The van der Waals surface area contributed by atoms with Gasteiger partial charge < -0.3 is 15.2 Å². The number of ether oxygens (including phenoxy) is 1. The summed E-state index contributed by atoms with van der Waals surface area (Å²) in [6.07, 6.45) is 2.04. The predicted molar refractivity (Wildman–Crippen MR) is 82.0 cm³/mol. The molecule has 2 rings (SSSR count). The first kappa shape index (κ1) is 15.9. The summed E-state index contributed by atoms with van der Waals surface area (Å²) in [5.41, 5.74) is -0.379. The molecular weight excluding hydrogens is 292 g/mol. The minimum atomic E-state index is -0.496. The molecule has 0 saturated carbocycles. The van der Waals surface area contributed by atoms with Crippen LogP contribution in [0.15, 0.2) is 18.2 Å². The number of hydrogen-bond donors (Lipinski definition) is 2. The third-order valence-corrected chi connectivity index (χ3v) is 4.28. The molecule has 0 radical (unpaired) electrons. The molecule has 1 aromatic rings. The van der Waals surface area contributed by atoms with E-state index in [0.29, 0.717) is 5.75 Å². The van der Waals surface area contributed by atoms with Crippen LogP contribution in [-0.4, -0.2) is 47.7 Å². The van der Waals surface area contributed by atoms with Crippen LogP contribution in [0.25, 0.3) is 0 Å². The zero-order valence-corrected chi connectivity index (χ0v) is 13.1. The Morgan fingerprint density at radius 2 is 2.38 bits per heavy atom. The molecule has 1 unspecified atom stereocenters. The number of likely N-dealkylation sites (tertiary alicyclic amines) is 1. The third-order valence-electron chi connectivity index (χ3n) is 3.88. The monoisotopic (exact) mass is 312 g/mol. The molecule has 0 bridgehead atoms. The Bertz CT molecular complexity index is 510. The number of halogens is 1. The molecule has 0 spiro atoms. The van der Waals surface area contributed by atoms with Gasteiger partial charge in [-0.1, -0.05) is 24.6 Å². The fourth-order valence-electron chi connectivity index (χ4n) is 2.79. The Morgan fingerprint density at radius 1 is 1.62 bits per heavy atom. The summed E-state index contributed by atoms with van der Waals surface area (Å²) in [5, 5.41) is 12.6. The normalized spacial score (nSPS) is 20.2. The molecule has 1 heterocycles. The maximum absolute atomic E-state index is 12.4. The first-order chi connectivity index (χ1) is 10.1. The highest BCUT2D eigenvalue weighted by Crippen LogP contribution is 2.28. The van der Waals surface area contributed by atoms with Crippen molar-refractivity contribution >= 4 is 17.5 Å². The molecule has 6 heteroatoms. The molecule has 21 heavy (non-hydrogen) atoms. The summed E-state index contributed by atoms with van der Waals surface area (Å²) in [6, 6.07) is 4.83. The van der Waals surface area contributed by atoms with E-state index >= 15 is 0 Å². The average Bonchev–Trinajstić information content (AvgIpc) is 2.95. The largest absolute Gasteiger partial charge is 0.507 e. The summed E-state index contributed by atoms with van der Waals surface area (Å²) in [4.78, 5) is 14.6. The number of nitrogens with zero attached hydrogens (tertiary/aromatic N) is 1. The smallest absolute Gasteiger partial charge is 0.260 e. The van der Waals surface area contributed by atoms with E-state index in [9.17, 15) is 9.90 Å². The highest BCUT2D eigenvalue weighted by atomic mass is 35.5. The van der Waals surface area contributed by atoms with Gasteiger partial charge in [0, 0.05) is 6.04 Å². The minimum absolute atomic E-state index is 0.116. The number of methoxy groups -OCH3 is 1. The number of carbonyl (C=O) groups is 1. The molecule has 116 valence electrons. The van der Waals surface area contributed by atoms with Crippen molar-refractivity contribution in [3.8, 4) is 11.5 Å². The van der Waals surface area contributed by atoms with Gasteiger partial charge in [-0.2, -0.15) is 0 Å². The Morgan fingerprint density at radius 3 is 3.05 bits per heavy atom. The van der Waals surface area contributed by atoms with Crippen molar-refractivity contribution in [2.24, 2.45) is 0 Å². The number of hydrogen-bond acceptors (Lipinski definition) is 4.